The van der Waals surface area contributed by atoms with Gasteiger partial charge in [-0.3, -0.25) is 4.79 Å². The molecule has 3 nitrogen and oxygen atoms in total. The number of unbranched alkanes of at least 4 members (excludes halogenated alkanes) is 2. The fourth-order valence-electron chi connectivity index (χ4n) is 1.71. The van der Waals surface area contributed by atoms with Gasteiger partial charge in [0.15, 0.2) is 0 Å². The zero-order valence-corrected chi connectivity index (χ0v) is 11.3. The largest absolute Gasteiger partial charge is 0.378 e. The molecule has 1 amide bonds. The average Bonchev–Trinajstić information content (AvgIpc) is 2.70. The molecule has 1 unspecified atom stereocenters. The first-order valence-electron chi connectivity index (χ1n) is 5.77. The minimum Gasteiger partial charge on any atom is -0.378 e. The summed E-state index contributed by atoms with van der Waals surface area (Å²) < 4.78 is 6.62. The Morgan fingerprint density at radius 1 is 1.40 bits per heavy atom. The van der Waals surface area contributed by atoms with Gasteiger partial charge >= 0.3 is 0 Å². The summed E-state index contributed by atoms with van der Waals surface area (Å²) in [5.41, 5.74) is 0. The molecule has 1 heterocycles. The van der Waals surface area contributed by atoms with E-state index in [1.807, 2.05) is 0 Å². The predicted molar refractivity (Wildman–Crippen MR) is 69.3 cm³/mol. The fraction of sp³-hybridized carbons (Fsp3) is 0.909. The number of rotatable bonds is 7. The summed E-state index contributed by atoms with van der Waals surface area (Å²) in [7, 11) is 0. The predicted octanol–water partition coefficient (Wildman–Crippen LogP) is 2.28. The summed E-state index contributed by atoms with van der Waals surface area (Å²) in [4.78, 5) is 11.4. The molecule has 1 aliphatic heterocycles. The molecule has 88 valence electrons. The van der Waals surface area contributed by atoms with Gasteiger partial charge in [-0.2, -0.15) is 0 Å². The van der Waals surface area contributed by atoms with Gasteiger partial charge in [0, 0.05) is 13.2 Å². The summed E-state index contributed by atoms with van der Waals surface area (Å²) >= 11 is 2.38. The molecule has 15 heavy (non-hydrogen) atoms. The van der Waals surface area contributed by atoms with Gasteiger partial charge in [0.1, 0.15) is 0 Å². The van der Waals surface area contributed by atoms with Crippen LogP contribution in [-0.4, -0.2) is 29.6 Å². The number of halogens is 1. The van der Waals surface area contributed by atoms with Gasteiger partial charge < -0.3 is 10.1 Å². The molecule has 0 aliphatic carbocycles. The summed E-state index contributed by atoms with van der Waals surface area (Å²) in [6.07, 6.45) is 6.44. The highest BCUT2D eigenvalue weighted by molar-refractivity contribution is 14.1. The van der Waals surface area contributed by atoms with Crippen LogP contribution in [0.5, 0.6) is 0 Å². The summed E-state index contributed by atoms with van der Waals surface area (Å²) in [5.74, 6) is 0.149. The standard InChI is InChI=1S/C11H20INO2/c12-6-2-1-3-7-13-11(14)9-10-5-4-8-15-10/h10H,1-9H2,(H,13,14). The van der Waals surface area contributed by atoms with E-state index >= 15 is 0 Å². The Morgan fingerprint density at radius 2 is 2.27 bits per heavy atom. The van der Waals surface area contributed by atoms with Crippen LogP contribution >= 0.6 is 22.6 Å². The molecule has 0 aromatic heterocycles. The van der Waals surface area contributed by atoms with E-state index in [0.29, 0.717) is 6.42 Å². The van der Waals surface area contributed by atoms with E-state index in [2.05, 4.69) is 27.9 Å². The molecule has 0 saturated carbocycles. The third-order valence-corrected chi connectivity index (χ3v) is 3.33. The lowest BCUT2D eigenvalue weighted by Crippen LogP contribution is -2.28. The van der Waals surface area contributed by atoms with Crippen LogP contribution in [0.3, 0.4) is 0 Å². The molecule has 1 rings (SSSR count). The van der Waals surface area contributed by atoms with Crippen molar-refractivity contribution in [2.24, 2.45) is 0 Å². The molecule has 0 spiro atoms. The van der Waals surface area contributed by atoms with Crippen LogP contribution in [0.2, 0.25) is 0 Å². The number of hydrogen-bond donors (Lipinski definition) is 1. The second kappa shape index (κ2) is 8.33. The van der Waals surface area contributed by atoms with E-state index in [-0.39, 0.29) is 12.0 Å². The van der Waals surface area contributed by atoms with Crippen molar-refractivity contribution in [1.29, 1.82) is 0 Å². The first-order chi connectivity index (χ1) is 7.33. The lowest BCUT2D eigenvalue weighted by Gasteiger charge is -2.09. The van der Waals surface area contributed by atoms with Gasteiger partial charge in [-0.25, -0.2) is 0 Å². The quantitative estimate of drug-likeness (QED) is 0.443. The Labute approximate surface area is 105 Å². The molecule has 1 saturated heterocycles. The third-order valence-electron chi connectivity index (χ3n) is 2.57. The van der Waals surface area contributed by atoms with Crippen LogP contribution in [-0.2, 0) is 9.53 Å². The molecule has 0 radical (unpaired) electrons. The number of ether oxygens (including phenoxy) is 1. The van der Waals surface area contributed by atoms with Gasteiger partial charge in [-0.1, -0.05) is 29.0 Å². The van der Waals surface area contributed by atoms with Gasteiger partial charge in [0.25, 0.3) is 0 Å². The highest BCUT2D eigenvalue weighted by Crippen LogP contribution is 2.14. The lowest BCUT2D eigenvalue weighted by molar-refractivity contribution is -0.123. The SMILES string of the molecule is O=C(CC1CCCO1)NCCCCCI. The van der Waals surface area contributed by atoms with E-state index < -0.39 is 0 Å². The molecule has 1 N–H and O–H groups in total. The maximum atomic E-state index is 11.4. The summed E-state index contributed by atoms with van der Waals surface area (Å²) in [5, 5.41) is 2.95. The van der Waals surface area contributed by atoms with Crippen molar-refractivity contribution in [2.75, 3.05) is 17.6 Å². The van der Waals surface area contributed by atoms with Crippen LogP contribution < -0.4 is 5.32 Å². The zero-order valence-electron chi connectivity index (χ0n) is 9.14. The highest BCUT2D eigenvalue weighted by Gasteiger charge is 2.18. The van der Waals surface area contributed by atoms with E-state index in [1.54, 1.807) is 0 Å². The van der Waals surface area contributed by atoms with Crippen LogP contribution in [0.15, 0.2) is 0 Å². The summed E-state index contributed by atoms with van der Waals surface area (Å²) in [6.45, 7) is 1.65. The van der Waals surface area contributed by atoms with Gasteiger partial charge in [0.2, 0.25) is 5.91 Å². The fourth-order valence-corrected chi connectivity index (χ4v) is 2.25. The first-order valence-corrected chi connectivity index (χ1v) is 7.29. The Bertz CT molecular complexity index is 181. The molecular weight excluding hydrogens is 305 g/mol. The second-order valence-electron chi connectivity index (χ2n) is 3.94. The number of carbonyl (C=O) groups is 1. The molecule has 0 aromatic rings. The number of carbonyl (C=O) groups excluding carboxylic acids is 1. The van der Waals surface area contributed by atoms with E-state index in [0.717, 1.165) is 32.4 Å². The van der Waals surface area contributed by atoms with Crippen molar-refractivity contribution in [3.05, 3.63) is 0 Å². The molecule has 1 atom stereocenters. The van der Waals surface area contributed by atoms with Gasteiger partial charge in [-0.05, 0) is 30.1 Å². The molecular formula is C11H20INO2. The van der Waals surface area contributed by atoms with Crippen LogP contribution in [0.4, 0.5) is 0 Å². The van der Waals surface area contributed by atoms with Crippen LogP contribution in [0.25, 0.3) is 0 Å². The van der Waals surface area contributed by atoms with Crippen molar-refractivity contribution in [3.63, 3.8) is 0 Å². The molecule has 0 bridgehead atoms. The van der Waals surface area contributed by atoms with Crippen molar-refractivity contribution < 1.29 is 9.53 Å². The molecule has 4 heteroatoms. The van der Waals surface area contributed by atoms with Gasteiger partial charge in [-0.15, -0.1) is 0 Å². The summed E-state index contributed by atoms with van der Waals surface area (Å²) in [6, 6.07) is 0. The number of hydrogen-bond acceptors (Lipinski definition) is 2. The van der Waals surface area contributed by atoms with E-state index in [4.69, 9.17) is 4.74 Å². The minimum absolute atomic E-state index is 0.149. The normalized spacial score (nSPS) is 20.5. The Balaban J connectivity index is 1.93. The Kier molecular flexibility index (Phi) is 7.34. The average molecular weight is 325 g/mol. The smallest absolute Gasteiger partial charge is 0.222 e. The van der Waals surface area contributed by atoms with Crippen molar-refractivity contribution in [2.45, 2.75) is 44.6 Å². The van der Waals surface area contributed by atoms with Crippen molar-refractivity contribution >= 4 is 28.5 Å². The number of nitrogens with one attached hydrogen (secondary N) is 1. The van der Waals surface area contributed by atoms with E-state index in [9.17, 15) is 4.79 Å². The number of alkyl halides is 1. The molecule has 1 fully saturated rings. The van der Waals surface area contributed by atoms with Crippen LogP contribution in [0, 0.1) is 0 Å². The minimum atomic E-state index is 0.149. The first kappa shape index (κ1) is 13.2. The monoisotopic (exact) mass is 325 g/mol. The molecule has 0 aromatic carbocycles. The Hall–Kier alpha value is 0.160. The maximum Gasteiger partial charge on any atom is 0.222 e. The Morgan fingerprint density at radius 3 is 2.93 bits per heavy atom. The third kappa shape index (κ3) is 6.35. The number of amides is 1. The lowest BCUT2D eigenvalue weighted by atomic mass is 10.2. The van der Waals surface area contributed by atoms with Gasteiger partial charge in [0.05, 0.1) is 12.5 Å². The van der Waals surface area contributed by atoms with Crippen molar-refractivity contribution in [3.8, 4) is 0 Å². The van der Waals surface area contributed by atoms with Crippen molar-refractivity contribution in [1.82, 2.24) is 5.32 Å². The second-order valence-corrected chi connectivity index (χ2v) is 5.02. The topological polar surface area (TPSA) is 38.3 Å². The maximum absolute atomic E-state index is 11.4. The van der Waals surface area contributed by atoms with E-state index in [1.165, 1.54) is 17.3 Å². The zero-order chi connectivity index (χ0) is 10.9. The highest BCUT2D eigenvalue weighted by atomic mass is 127. The van der Waals surface area contributed by atoms with Crippen LogP contribution in [0.1, 0.15) is 38.5 Å². The molecule has 1 aliphatic rings.